The molecule has 3 heteroatoms. The Hall–Kier alpha value is -0.980. The van der Waals surface area contributed by atoms with Gasteiger partial charge in [-0.3, -0.25) is 0 Å². The Kier molecular flexibility index (Phi) is 3.65. The summed E-state index contributed by atoms with van der Waals surface area (Å²) >= 11 is 1.93. The lowest BCUT2D eigenvalue weighted by Gasteiger charge is -2.25. The molecule has 1 aromatic rings. The van der Waals surface area contributed by atoms with Gasteiger partial charge in [0.25, 0.3) is 0 Å². The van der Waals surface area contributed by atoms with Crippen molar-refractivity contribution in [3.63, 3.8) is 0 Å². The van der Waals surface area contributed by atoms with Gasteiger partial charge in [0.2, 0.25) is 0 Å². The zero-order valence-electron chi connectivity index (χ0n) is 8.57. The predicted octanol–water partition coefficient (Wildman–Crippen LogP) is 2.73. The van der Waals surface area contributed by atoms with Gasteiger partial charge in [-0.25, -0.2) is 0 Å². The lowest BCUT2D eigenvalue weighted by molar-refractivity contribution is 0.518. The molecule has 0 aromatic heterocycles. The van der Waals surface area contributed by atoms with Gasteiger partial charge in [0.1, 0.15) is 0 Å². The van der Waals surface area contributed by atoms with Gasteiger partial charge in [-0.15, -0.1) is 11.8 Å². The monoisotopic (exact) mass is 218 g/mol. The molecule has 0 radical (unpaired) electrons. The summed E-state index contributed by atoms with van der Waals surface area (Å²) in [5, 5.41) is 11.9. The molecule has 0 aliphatic carbocycles. The first-order valence-electron chi connectivity index (χ1n) is 5.24. The molecule has 2 nitrogen and oxygen atoms in total. The lowest BCUT2D eigenvalue weighted by Crippen LogP contribution is -2.25. The van der Waals surface area contributed by atoms with E-state index in [1.807, 2.05) is 11.8 Å². The van der Waals surface area contributed by atoms with Crippen molar-refractivity contribution < 1.29 is 0 Å². The van der Waals surface area contributed by atoms with Crippen molar-refractivity contribution in [3.8, 4) is 6.07 Å². The fraction of sp³-hybridized carbons (Fsp3) is 0.417. The number of nitrogens with one attached hydrogen (secondary N) is 1. The fourth-order valence-electron chi connectivity index (χ4n) is 1.86. The molecule has 78 valence electrons. The van der Waals surface area contributed by atoms with Crippen LogP contribution >= 0.6 is 11.8 Å². The molecule has 1 aliphatic rings. The summed E-state index contributed by atoms with van der Waals surface area (Å²) in [5.41, 5.74) is 1.40. The van der Waals surface area contributed by atoms with Gasteiger partial charge in [-0.2, -0.15) is 5.26 Å². The highest BCUT2D eigenvalue weighted by Crippen LogP contribution is 2.35. The summed E-state index contributed by atoms with van der Waals surface area (Å²) in [6.45, 7) is 0.792. The highest BCUT2D eigenvalue weighted by Gasteiger charge is 2.18. The Morgan fingerprint density at radius 3 is 3.20 bits per heavy atom. The number of hydrogen-bond acceptors (Lipinski definition) is 3. The second-order valence-corrected chi connectivity index (χ2v) is 4.73. The second kappa shape index (κ2) is 5.20. The molecule has 1 atom stereocenters. The molecular formula is C12H14N2S. The maximum Gasteiger partial charge on any atom is 0.0635 e. The van der Waals surface area contributed by atoms with Gasteiger partial charge in [-0.05, 0) is 23.8 Å². The van der Waals surface area contributed by atoms with Crippen LogP contribution in [-0.4, -0.2) is 12.3 Å². The van der Waals surface area contributed by atoms with Crippen LogP contribution in [0.3, 0.4) is 0 Å². The van der Waals surface area contributed by atoms with Crippen LogP contribution in [0.4, 0.5) is 0 Å². The van der Waals surface area contributed by atoms with Crippen LogP contribution in [0.5, 0.6) is 0 Å². The van der Waals surface area contributed by atoms with E-state index in [0.29, 0.717) is 12.5 Å². The molecule has 1 aromatic carbocycles. The lowest BCUT2D eigenvalue weighted by atomic mass is 10.0. The first kappa shape index (κ1) is 10.5. The van der Waals surface area contributed by atoms with Crippen LogP contribution in [0.2, 0.25) is 0 Å². The van der Waals surface area contributed by atoms with Gasteiger partial charge in [0.05, 0.1) is 6.07 Å². The minimum atomic E-state index is 0.441. The normalized spacial score (nSPS) is 19.3. The van der Waals surface area contributed by atoms with E-state index < -0.39 is 0 Å². The molecule has 1 N–H and O–H groups in total. The van der Waals surface area contributed by atoms with Gasteiger partial charge in [0.15, 0.2) is 0 Å². The largest absolute Gasteiger partial charge is 0.309 e. The van der Waals surface area contributed by atoms with Crippen LogP contribution in [0, 0.1) is 11.3 Å². The van der Waals surface area contributed by atoms with Crippen LogP contribution in [0.15, 0.2) is 29.2 Å². The van der Waals surface area contributed by atoms with E-state index >= 15 is 0 Å². The van der Waals surface area contributed by atoms with E-state index in [1.54, 1.807) is 0 Å². The number of benzene rings is 1. The number of rotatable bonds is 3. The molecule has 15 heavy (non-hydrogen) atoms. The van der Waals surface area contributed by atoms with Crippen molar-refractivity contribution in [3.05, 3.63) is 29.8 Å². The molecule has 0 fully saturated rings. The summed E-state index contributed by atoms with van der Waals surface area (Å²) in [7, 11) is 0. The molecule has 1 unspecified atom stereocenters. The number of fused-ring (bicyclic) bond motifs is 1. The minimum absolute atomic E-state index is 0.441. The number of thioether (sulfide) groups is 1. The van der Waals surface area contributed by atoms with Gasteiger partial charge in [0, 0.05) is 23.9 Å². The average Bonchev–Trinajstić information content (AvgIpc) is 2.30. The van der Waals surface area contributed by atoms with E-state index in [2.05, 4.69) is 35.7 Å². The van der Waals surface area contributed by atoms with Crippen LogP contribution in [0.1, 0.15) is 24.4 Å². The minimum Gasteiger partial charge on any atom is -0.309 e. The number of hydrogen-bond donors (Lipinski definition) is 1. The Morgan fingerprint density at radius 2 is 2.33 bits per heavy atom. The SMILES string of the molecule is N#CCCNC1CCSc2ccccc21. The summed E-state index contributed by atoms with van der Waals surface area (Å²) in [4.78, 5) is 1.39. The van der Waals surface area contributed by atoms with Crippen molar-refractivity contribution in [2.45, 2.75) is 23.8 Å². The Labute approximate surface area is 94.7 Å². The molecule has 0 bridgehead atoms. The predicted molar refractivity (Wildman–Crippen MR) is 62.8 cm³/mol. The van der Waals surface area contributed by atoms with Crippen LogP contribution < -0.4 is 5.32 Å². The zero-order chi connectivity index (χ0) is 10.5. The van der Waals surface area contributed by atoms with Gasteiger partial charge in [-0.1, -0.05) is 18.2 Å². The Bertz CT molecular complexity index is 370. The Balaban J connectivity index is 2.06. The van der Waals surface area contributed by atoms with Crippen LogP contribution in [0.25, 0.3) is 0 Å². The molecule has 0 saturated carbocycles. The van der Waals surface area contributed by atoms with Gasteiger partial charge >= 0.3 is 0 Å². The van der Waals surface area contributed by atoms with E-state index in [-0.39, 0.29) is 0 Å². The van der Waals surface area contributed by atoms with Crippen molar-refractivity contribution in [2.75, 3.05) is 12.3 Å². The van der Waals surface area contributed by atoms with Crippen molar-refractivity contribution in [2.24, 2.45) is 0 Å². The molecule has 2 rings (SSSR count). The maximum atomic E-state index is 8.50. The van der Waals surface area contributed by atoms with E-state index in [4.69, 9.17) is 5.26 Å². The summed E-state index contributed by atoms with van der Waals surface area (Å²) in [6, 6.07) is 11.1. The quantitative estimate of drug-likeness (QED) is 0.792. The summed E-state index contributed by atoms with van der Waals surface area (Å²) in [5.74, 6) is 1.17. The third-order valence-electron chi connectivity index (χ3n) is 2.59. The smallest absolute Gasteiger partial charge is 0.0635 e. The second-order valence-electron chi connectivity index (χ2n) is 3.59. The first-order chi connectivity index (χ1) is 7.42. The summed E-state index contributed by atoms with van der Waals surface area (Å²) < 4.78 is 0. The number of nitriles is 1. The third kappa shape index (κ3) is 2.53. The van der Waals surface area contributed by atoms with E-state index in [9.17, 15) is 0 Å². The van der Waals surface area contributed by atoms with Crippen LogP contribution in [-0.2, 0) is 0 Å². The van der Waals surface area contributed by atoms with Gasteiger partial charge < -0.3 is 5.32 Å². The molecule has 1 heterocycles. The molecule has 0 saturated heterocycles. The van der Waals surface area contributed by atoms with Crippen molar-refractivity contribution >= 4 is 11.8 Å². The molecule has 0 amide bonds. The van der Waals surface area contributed by atoms with Crippen molar-refractivity contribution in [1.29, 1.82) is 5.26 Å². The summed E-state index contributed by atoms with van der Waals surface area (Å²) in [6.07, 6.45) is 1.75. The standard InChI is InChI=1S/C12H14N2S/c13-7-3-8-14-11-6-9-15-12-5-2-1-4-10(11)12/h1-2,4-5,11,14H,3,6,8-9H2. The number of nitrogens with zero attached hydrogens (tertiary/aromatic N) is 1. The highest BCUT2D eigenvalue weighted by atomic mass is 32.2. The molecular weight excluding hydrogens is 204 g/mol. The average molecular weight is 218 g/mol. The van der Waals surface area contributed by atoms with E-state index in [0.717, 1.165) is 13.0 Å². The van der Waals surface area contributed by atoms with E-state index in [1.165, 1.54) is 16.2 Å². The zero-order valence-corrected chi connectivity index (χ0v) is 9.39. The molecule has 1 aliphatic heterocycles. The Morgan fingerprint density at radius 1 is 1.47 bits per heavy atom. The first-order valence-corrected chi connectivity index (χ1v) is 6.22. The van der Waals surface area contributed by atoms with Crippen molar-refractivity contribution in [1.82, 2.24) is 5.32 Å². The fourth-order valence-corrected chi connectivity index (χ4v) is 2.98. The topological polar surface area (TPSA) is 35.8 Å². The third-order valence-corrected chi connectivity index (χ3v) is 3.71. The highest BCUT2D eigenvalue weighted by molar-refractivity contribution is 7.99. The maximum absolute atomic E-state index is 8.50. The molecule has 0 spiro atoms.